The molecule has 2 aromatic rings. The second-order valence-corrected chi connectivity index (χ2v) is 11.7. The summed E-state index contributed by atoms with van der Waals surface area (Å²) in [6, 6.07) is 10.1. The van der Waals surface area contributed by atoms with Gasteiger partial charge in [0.15, 0.2) is 0 Å². The Morgan fingerprint density at radius 1 is 1.15 bits per heavy atom. The molecular weight excluding hydrogens is 524 g/mol. The van der Waals surface area contributed by atoms with Crippen molar-refractivity contribution in [1.82, 2.24) is 10.2 Å². The first-order chi connectivity index (χ1) is 18.4. The molecular formula is C27H36N4O7S. The predicted octanol–water partition coefficient (Wildman–Crippen LogP) is 3.54. The van der Waals surface area contributed by atoms with Crippen molar-refractivity contribution in [3.05, 3.63) is 63.7 Å². The highest BCUT2D eigenvalue weighted by Gasteiger charge is 2.33. The number of methoxy groups -OCH3 is 1. The van der Waals surface area contributed by atoms with Crippen molar-refractivity contribution >= 4 is 33.2 Å². The van der Waals surface area contributed by atoms with E-state index in [0.29, 0.717) is 17.7 Å². The molecule has 0 unspecified atom stereocenters. The summed E-state index contributed by atoms with van der Waals surface area (Å²) in [5, 5.41) is 14.4. The van der Waals surface area contributed by atoms with Gasteiger partial charge < -0.3 is 15.0 Å². The number of aryl methyl sites for hydroxylation is 1. The van der Waals surface area contributed by atoms with E-state index in [1.807, 2.05) is 0 Å². The Kier molecular flexibility index (Phi) is 9.90. The minimum atomic E-state index is -4.02. The largest absolute Gasteiger partial charge is 0.497 e. The van der Waals surface area contributed by atoms with Crippen LogP contribution < -0.4 is 14.4 Å². The van der Waals surface area contributed by atoms with Crippen LogP contribution in [0.4, 0.5) is 11.4 Å². The molecule has 0 bridgehead atoms. The lowest BCUT2D eigenvalue weighted by Gasteiger charge is -2.33. The molecule has 0 aromatic heterocycles. The first kappa shape index (κ1) is 29.9. The van der Waals surface area contributed by atoms with Gasteiger partial charge in [0.2, 0.25) is 21.8 Å². The Morgan fingerprint density at radius 3 is 2.33 bits per heavy atom. The Balaban J connectivity index is 1.98. The average molecular weight is 561 g/mol. The summed E-state index contributed by atoms with van der Waals surface area (Å²) in [5.74, 6) is -0.258. The number of carbonyl (C=O) groups is 2. The number of rotatable bonds is 12. The summed E-state index contributed by atoms with van der Waals surface area (Å²) in [4.78, 5) is 39.3. The first-order valence-electron chi connectivity index (χ1n) is 12.9. The van der Waals surface area contributed by atoms with Crippen molar-refractivity contribution in [2.24, 2.45) is 0 Å². The Labute approximate surface area is 229 Å². The van der Waals surface area contributed by atoms with Gasteiger partial charge in [-0.3, -0.25) is 24.0 Å². The molecule has 1 N–H and O–H groups in total. The van der Waals surface area contributed by atoms with Gasteiger partial charge >= 0.3 is 0 Å². The molecule has 2 aromatic carbocycles. The molecule has 1 aliphatic carbocycles. The summed E-state index contributed by atoms with van der Waals surface area (Å²) in [7, 11) is -2.48. The van der Waals surface area contributed by atoms with Crippen molar-refractivity contribution in [3.8, 4) is 5.75 Å². The molecule has 3 rings (SSSR count). The SMILES string of the molecule is CC[C@H](C(=O)NC1CCCC1)N(Cc1ccc(OC)cc1)C(=O)CN(c1cc([N+](=O)[O-])ccc1C)S(C)(=O)=O. The predicted molar refractivity (Wildman–Crippen MR) is 148 cm³/mol. The molecule has 11 nitrogen and oxygen atoms in total. The van der Waals surface area contributed by atoms with E-state index in [4.69, 9.17) is 4.74 Å². The molecule has 0 aliphatic heterocycles. The Morgan fingerprint density at radius 2 is 1.79 bits per heavy atom. The zero-order valence-electron chi connectivity index (χ0n) is 22.8. The van der Waals surface area contributed by atoms with Crippen LogP contribution >= 0.6 is 0 Å². The molecule has 39 heavy (non-hydrogen) atoms. The molecule has 12 heteroatoms. The minimum absolute atomic E-state index is 0.0351. The summed E-state index contributed by atoms with van der Waals surface area (Å²) in [6.45, 7) is 2.85. The minimum Gasteiger partial charge on any atom is -0.497 e. The number of carbonyl (C=O) groups excluding carboxylic acids is 2. The molecule has 0 spiro atoms. The molecule has 1 aliphatic rings. The number of non-ortho nitro benzene ring substituents is 1. The average Bonchev–Trinajstić information content (AvgIpc) is 3.40. The number of amides is 2. The number of sulfonamides is 1. The summed E-state index contributed by atoms with van der Waals surface area (Å²) in [6.07, 6.45) is 5.07. The molecule has 2 amide bonds. The van der Waals surface area contributed by atoms with E-state index >= 15 is 0 Å². The summed E-state index contributed by atoms with van der Waals surface area (Å²) >= 11 is 0. The summed E-state index contributed by atoms with van der Waals surface area (Å²) < 4.78 is 31.8. The van der Waals surface area contributed by atoms with Gasteiger partial charge in [-0.05, 0) is 49.4 Å². The van der Waals surface area contributed by atoms with Gasteiger partial charge in [-0.15, -0.1) is 0 Å². The van der Waals surface area contributed by atoms with Gasteiger partial charge in [0.1, 0.15) is 18.3 Å². The van der Waals surface area contributed by atoms with Crippen LogP contribution in [0.3, 0.4) is 0 Å². The third-order valence-corrected chi connectivity index (χ3v) is 8.08. The fourth-order valence-corrected chi connectivity index (χ4v) is 5.69. The van der Waals surface area contributed by atoms with Crippen molar-refractivity contribution in [1.29, 1.82) is 0 Å². The lowest BCUT2D eigenvalue weighted by Crippen LogP contribution is -2.53. The van der Waals surface area contributed by atoms with Gasteiger partial charge in [0.25, 0.3) is 5.69 Å². The number of anilines is 1. The fourth-order valence-electron chi connectivity index (χ4n) is 4.79. The van der Waals surface area contributed by atoms with E-state index in [0.717, 1.165) is 47.9 Å². The number of ether oxygens (including phenoxy) is 1. The highest BCUT2D eigenvalue weighted by molar-refractivity contribution is 7.92. The normalized spacial score (nSPS) is 14.5. The van der Waals surface area contributed by atoms with Crippen LogP contribution in [-0.4, -0.2) is 62.0 Å². The molecule has 1 atom stereocenters. The van der Waals surface area contributed by atoms with Crippen molar-refractivity contribution in [2.45, 2.75) is 64.6 Å². The molecule has 1 fully saturated rings. The van der Waals surface area contributed by atoms with Gasteiger partial charge in [-0.25, -0.2) is 8.42 Å². The third-order valence-electron chi connectivity index (χ3n) is 6.95. The number of hydrogen-bond donors (Lipinski definition) is 1. The number of nitro groups is 1. The van der Waals surface area contributed by atoms with Crippen LogP contribution in [-0.2, 0) is 26.2 Å². The summed E-state index contributed by atoms with van der Waals surface area (Å²) in [5.41, 5.74) is 0.919. The Bertz CT molecular complexity index is 1290. The first-order valence-corrected chi connectivity index (χ1v) is 14.7. The van der Waals surface area contributed by atoms with Crippen molar-refractivity contribution in [2.75, 3.05) is 24.2 Å². The maximum absolute atomic E-state index is 13.9. The lowest BCUT2D eigenvalue weighted by molar-refractivity contribution is -0.384. The second-order valence-electron chi connectivity index (χ2n) is 9.78. The van der Waals surface area contributed by atoms with E-state index in [2.05, 4.69) is 5.32 Å². The third kappa shape index (κ3) is 7.69. The van der Waals surface area contributed by atoms with E-state index in [1.165, 1.54) is 17.0 Å². The van der Waals surface area contributed by atoms with Crippen LogP contribution in [0.2, 0.25) is 0 Å². The Hall–Kier alpha value is -3.67. The lowest BCUT2D eigenvalue weighted by atomic mass is 10.1. The second kappa shape index (κ2) is 12.9. The van der Waals surface area contributed by atoms with Gasteiger partial charge in [-0.2, -0.15) is 0 Å². The molecule has 212 valence electrons. The van der Waals surface area contributed by atoms with E-state index in [1.54, 1.807) is 45.2 Å². The number of hydrogen-bond acceptors (Lipinski definition) is 7. The number of benzene rings is 2. The molecule has 0 radical (unpaired) electrons. The van der Waals surface area contributed by atoms with Crippen LogP contribution in [0.5, 0.6) is 5.75 Å². The maximum Gasteiger partial charge on any atom is 0.271 e. The van der Waals surface area contributed by atoms with Crippen LogP contribution in [0.1, 0.15) is 50.2 Å². The van der Waals surface area contributed by atoms with Crippen LogP contribution in [0.25, 0.3) is 0 Å². The van der Waals surface area contributed by atoms with Gasteiger partial charge in [0.05, 0.1) is 24.0 Å². The number of nitrogens with zero attached hydrogens (tertiary/aromatic N) is 3. The zero-order chi connectivity index (χ0) is 28.7. The zero-order valence-corrected chi connectivity index (χ0v) is 23.6. The highest BCUT2D eigenvalue weighted by Crippen LogP contribution is 2.28. The van der Waals surface area contributed by atoms with Crippen molar-refractivity contribution in [3.63, 3.8) is 0 Å². The standard InChI is InChI=1S/C27H36N4O7S/c1-5-24(27(33)28-21-8-6-7-9-21)29(17-20-11-14-23(38-3)15-12-20)26(32)18-30(39(4,36)37)25-16-22(31(34)35)13-10-19(25)2/h10-16,21,24H,5-9,17-18H2,1-4H3,(H,28,33)/t24-/m1/s1. The number of nitrogens with one attached hydrogen (secondary N) is 1. The quantitative estimate of drug-likeness (QED) is 0.309. The topological polar surface area (TPSA) is 139 Å². The van der Waals surface area contributed by atoms with E-state index in [-0.39, 0.29) is 29.9 Å². The number of nitro benzene ring substituents is 1. The van der Waals surface area contributed by atoms with E-state index < -0.39 is 33.4 Å². The fraction of sp³-hybridized carbons (Fsp3) is 0.481. The van der Waals surface area contributed by atoms with Crippen molar-refractivity contribution < 1.29 is 27.7 Å². The van der Waals surface area contributed by atoms with Gasteiger partial charge in [-0.1, -0.05) is 38.0 Å². The molecule has 0 heterocycles. The van der Waals surface area contributed by atoms with Crippen LogP contribution in [0.15, 0.2) is 42.5 Å². The maximum atomic E-state index is 13.9. The van der Waals surface area contributed by atoms with E-state index in [9.17, 15) is 28.1 Å². The highest BCUT2D eigenvalue weighted by atomic mass is 32.2. The molecule has 0 saturated heterocycles. The van der Waals surface area contributed by atoms with Crippen LogP contribution in [0, 0.1) is 17.0 Å². The smallest absolute Gasteiger partial charge is 0.271 e. The van der Waals surface area contributed by atoms with Gasteiger partial charge in [0, 0.05) is 24.7 Å². The molecule has 1 saturated carbocycles. The monoisotopic (exact) mass is 560 g/mol.